The van der Waals surface area contributed by atoms with Crippen LogP contribution in [0, 0.1) is 17.8 Å². The molecule has 3 aromatic carbocycles. The van der Waals surface area contributed by atoms with Crippen molar-refractivity contribution < 1.29 is 14.4 Å². The molecule has 5 nitrogen and oxygen atoms in total. The van der Waals surface area contributed by atoms with Gasteiger partial charge in [-0.25, -0.2) is 0 Å². The molecule has 0 aromatic heterocycles. The van der Waals surface area contributed by atoms with Gasteiger partial charge >= 0.3 is 0 Å². The number of carbonyl (C=O) groups excluding carboxylic acids is 3. The number of halogens is 2. The SMILES string of the molecule is CC(C)[C@@H](C(=O)N[C@@H](C)c1ccccc1)N1C(=O)[C@@H]2[C@H](C1=O)C1(Cl)c3ccccc3C2(Cl)c2ccccc21. The standard InChI is InChI=1S/C31H28Cl2N2O3/c1-17(2)26(27(36)34-18(3)19-11-5-4-6-12-19)35-28(37)24-25(29(35)38)31(33)21-14-8-7-13-20(21)30(24,32)22-15-9-10-16-23(22)31/h4-18,24-26H,1-3H3,(H,34,36)/t18-,24-,25+,26-,30?,31?/m0/s1. The molecular weight excluding hydrogens is 519 g/mol. The Labute approximate surface area is 232 Å². The van der Waals surface area contributed by atoms with Crippen LogP contribution in [0.3, 0.4) is 0 Å². The highest BCUT2D eigenvalue weighted by Gasteiger charge is 2.73. The minimum Gasteiger partial charge on any atom is -0.348 e. The van der Waals surface area contributed by atoms with Gasteiger partial charge in [0.1, 0.15) is 15.8 Å². The topological polar surface area (TPSA) is 66.5 Å². The first-order valence-electron chi connectivity index (χ1n) is 12.9. The molecule has 1 saturated heterocycles. The molecule has 7 heteroatoms. The average Bonchev–Trinajstić information content (AvgIpc) is 3.18. The molecule has 1 fully saturated rings. The second kappa shape index (κ2) is 8.69. The minimum atomic E-state index is -1.27. The van der Waals surface area contributed by atoms with E-state index in [1.165, 1.54) is 0 Å². The van der Waals surface area contributed by atoms with Crippen molar-refractivity contribution in [2.75, 3.05) is 0 Å². The highest BCUT2D eigenvalue weighted by Crippen LogP contribution is 2.69. The third-order valence-electron chi connectivity index (χ3n) is 8.46. The predicted octanol–water partition coefficient (Wildman–Crippen LogP) is 5.48. The van der Waals surface area contributed by atoms with E-state index in [0.717, 1.165) is 32.7 Å². The van der Waals surface area contributed by atoms with Crippen LogP contribution in [0.1, 0.15) is 54.6 Å². The summed E-state index contributed by atoms with van der Waals surface area (Å²) < 4.78 is 0. The van der Waals surface area contributed by atoms with E-state index in [-0.39, 0.29) is 17.9 Å². The molecule has 0 spiro atoms. The van der Waals surface area contributed by atoms with Gasteiger partial charge in [0.25, 0.3) is 0 Å². The van der Waals surface area contributed by atoms with Gasteiger partial charge in [0, 0.05) is 0 Å². The summed E-state index contributed by atoms with van der Waals surface area (Å²) in [5.41, 5.74) is 3.89. The fraction of sp³-hybridized carbons (Fsp3) is 0.323. The Morgan fingerprint density at radius 3 is 1.53 bits per heavy atom. The van der Waals surface area contributed by atoms with E-state index in [2.05, 4.69) is 5.32 Å². The zero-order valence-corrected chi connectivity index (χ0v) is 22.8. The maximum absolute atomic E-state index is 14.3. The Morgan fingerprint density at radius 2 is 1.13 bits per heavy atom. The lowest BCUT2D eigenvalue weighted by Crippen LogP contribution is -2.57. The summed E-state index contributed by atoms with van der Waals surface area (Å²) in [5.74, 6) is -3.48. The zero-order chi connectivity index (χ0) is 27.0. The van der Waals surface area contributed by atoms with Crippen LogP contribution >= 0.6 is 23.2 Å². The van der Waals surface area contributed by atoms with Crippen LogP contribution in [0.4, 0.5) is 0 Å². The lowest BCUT2D eigenvalue weighted by atomic mass is 9.54. The van der Waals surface area contributed by atoms with Crippen LogP contribution in [0.2, 0.25) is 0 Å². The quantitative estimate of drug-likeness (QED) is 0.340. The highest BCUT2D eigenvalue weighted by molar-refractivity contribution is 6.36. The van der Waals surface area contributed by atoms with Crippen molar-refractivity contribution in [2.24, 2.45) is 17.8 Å². The molecule has 2 bridgehead atoms. The van der Waals surface area contributed by atoms with Crippen LogP contribution in [-0.2, 0) is 24.1 Å². The molecule has 194 valence electrons. The molecule has 1 aliphatic heterocycles. The predicted molar refractivity (Wildman–Crippen MR) is 147 cm³/mol. The van der Waals surface area contributed by atoms with Crippen molar-refractivity contribution in [1.29, 1.82) is 0 Å². The van der Waals surface area contributed by atoms with Gasteiger partial charge < -0.3 is 5.32 Å². The fourth-order valence-corrected chi connectivity index (χ4v) is 7.90. The number of hydrogen-bond acceptors (Lipinski definition) is 3. The number of benzene rings is 3. The first-order valence-corrected chi connectivity index (χ1v) is 13.7. The van der Waals surface area contributed by atoms with Gasteiger partial charge in [-0.05, 0) is 40.7 Å². The Hall–Kier alpha value is -3.15. The number of alkyl halides is 2. The van der Waals surface area contributed by atoms with Gasteiger partial charge in [0.15, 0.2) is 0 Å². The first-order chi connectivity index (χ1) is 18.1. The molecule has 38 heavy (non-hydrogen) atoms. The molecule has 4 aliphatic rings. The van der Waals surface area contributed by atoms with Crippen LogP contribution in [-0.4, -0.2) is 28.7 Å². The van der Waals surface area contributed by atoms with Crippen molar-refractivity contribution in [1.82, 2.24) is 10.2 Å². The number of likely N-dealkylation sites (tertiary alicyclic amines) is 1. The fourth-order valence-electron chi connectivity index (χ4n) is 6.80. The van der Waals surface area contributed by atoms with Crippen LogP contribution in [0.25, 0.3) is 0 Å². The van der Waals surface area contributed by atoms with Crippen molar-refractivity contribution in [3.63, 3.8) is 0 Å². The highest BCUT2D eigenvalue weighted by atomic mass is 35.5. The van der Waals surface area contributed by atoms with Gasteiger partial charge in [0.2, 0.25) is 17.7 Å². The van der Waals surface area contributed by atoms with E-state index in [1.807, 2.05) is 99.6 Å². The first kappa shape index (κ1) is 25.1. The molecular formula is C31H28Cl2N2O3. The molecule has 1 N–H and O–H groups in total. The maximum Gasteiger partial charge on any atom is 0.244 e. The van der Waals surface area contributed by atoms with Gasteiger partial charge in [-0.2, -0.15) is 0 Å². The maximum atomic E-state index is 14.3. The molecule has 0 saturated carbocycles. The van der Waals surface area contributed by atoms with Crippen LogP contribution < -0.4 is 5.32 Å². The number of nitrogens with one attached hydrogen (secondary N) is 1. The van der Waals surface area contributed by atoms with Crippen molar-refractivity contribution in [3.8, 4) is 0 Å². The third kappa shape index (κ3) is 3.15. The smallest absolute Gasteiger partial charge is 0.244 e. The number of carbonyl (C=O) groups is 3. The van der Waals surface area contributed by atoms with Crippen molar-refractivity contribution in [3.05, 3.63) is 107 Å². The summed E-state index contributed by atoms with van der Waals surface area (Å²) >= 11 is 15.0. The van der Waals surface area contributed by atoms with E-state index in [9.17, 15) is 14.4 Å². The monoisotopic (exact) mass is 546 g/mol. The number of rotatable bonds is 5. The zero-order valence-electron chi connectivity index (χ0n) is 21.3. The van der Waals surface area contributed by atoms with Gasteiger partial charge in [-0.3, -0.25) is 19.3 Å². The van der Waals surface area contributed by atoms with Crippen molar-refractivity contribution >= 4 is 40.9 Å². The van der Waals surface area contributed by atoms with Crippen LogP contribution in [0.5, 0.6) is 0 Å². The summed E-state index contributed by atoms with van der Waals surface area (Å²) in [6.45, 7) is 5.56. The largest absolute Gasteiger partial charge is 0.348 e. The van der Waals surface area contributed by atoms with E-state index >= 15 is 0 Å². The summed E-state index contributed by atoms with van der Waals surface area (Å²) in [4.78, 5) is 40.9. The lowest BCUT2D eigenvalue weighted by molar-refractivity contribution is -0.150. The molecule has 7 rings (SSSR count). The van der Waals surface area contributed by atoms with E-state index in [4.69, 9.17) is 23.2 Å². The van der Waals surface area contributed by atoms with Crippen LogP contribution in [0.15, 0.2) is 78.9 Å². The van der Waals surface area contributed by atoms with Gasteiger partial charge in [-0.1, -0.05) is 92.7 Å². The number of imide groups is 1. The summed E-state index contributed by atoms with van der Waals surface area (Å²) in [6, 6.07) is 23.3. The normalized spacial score (nSPS) is 28.5. The molecule has 1 heterocycles. The Morgan fingerprint density at radius 1 is 0.737 bits per heavy atom. The summed E-state index contributed by atoms with van der Waals surface area (Å²) in [7, 11) is 0. The lowest BCUT2D eigenvalue weighted by Gasteiger charge is -2.54. The number of amides is 3. The average molecular weight is 547 g/mol. The molecule has 3 aromatic rings. The Balaban J connectivity index is 1.45. The molecule has 0 radical (unpaired) electrons. The van der Waals surface area contributed by atoms with E-state index < -0.39 is 39.4 Å². The second-order valence-corrected chi connectivity index (χ2v) is 12.0. The van der Waals surface area contributed by atoms with Gasteiger partial charge in [-0.15, -0.1) is 23.2 Å². The van der Waals surface area contributed by atoms with E-state index in [1.54, 1.807) is 0 Å². The Kier molecular flexibility index (Phi) is 5.75. The van der Waals surface area contributed by atoms with Crippen molar-refractivity contribution in [2.45, 2.75) is 42.6 Å². The number of hydrogen-bond donors (Lipinski definition) is 1. The third-order valence-corrected chi connectivity index (χ3v) is 9.74. The molecule has 3 aliphatic carbocycles. The summed E-state index contributed by atoms with van der Waals surface area (Å²) in [6.07, 6.45) is 0. The summed E-state index contributed by atoms with van der Waals surface area (Å²) in [5, 5.41) is 3.02. The molecule has 4 atom stereocenters. The minimum absolute atomic E-state index is 0.302. The molecule has 0 unspecified atom stereocenters. The number of nitrogens with zero attached hydrogens (tertiary/aromatic N) is 1. The Bertz CT molecular complexity index is 1350. The van der Waals surface area contributed by atoms with E-state index in [0.29, 0.717) is 0 Å². The molecule has 3 amide bonds. The second-order valence-electron chi connectivity index (χ2n) is 10.8. The van der Waals surface area contributed by atoms with Gasteiger partial charge in [0.05, 0.1) is 17.9 Å².